The molecule has 0 spiro atoms. The molecule has 1 aliphatic rings. The maximum absolute atomic E-state index is 8.69. The number of rotatable bonds is 3. The molecular weight excluding hydrogens is 130 g/mol. The minimum absolute atomic E-state index is 0.201. The summed E-state index contributed by atoms with van der Waals surface area (Å²) in [5.74, 6) is 0. The van der Waals surface area contributed by atoms with Crippen LogP contribution in [-0.4, -0.2) is 37.0 Å². The fourth-order valence-corrected chi connectivity index (χ4v) is 1.12. The predicted octanol–water partition coefficient (Wildman–Crippen LogP) is -0.254. The molecule has 1 rings (SSSR count). The molecule has 60 valence electrons. The van der Waals surface area contributed by atoms with Crippen LogP contribution in [0.2, 0.25) is 0 Å². The van der Waals surface area contributed by atoms with Gasteiger partial charge in [-0.3, -0.25) is 0 Å². The van der Waals surface area contributed by atoms with Gasteiger partial charge in [0.25, 0.3) is 0 Å². The summed E-state index contributed by atoms with van der Waals surface area (Å²) < 4.78 is 5.16. The molecule has 10 heavy (non-hydrogen) atoms. The Balaban J connectivity index is 2.11. The van der Waals surface area contributed by atoms with Crippen LogP contribution in [0.5, 0.6) is 0 Å². The second-order valence-electron chi connectivity index (χ2n) is 2.81. The second-order valence-corrected chi connectivity index (χ2v) is 2.81. The maximum Gasteiger partial charge on any atom is 0.0620 e. The van der Waals surface area contributed by atoms with E-state index in [2.05, 4.69) is 5.32 Å². The van der Waals surface area contributed by atoms with Gasteiger partial charge in [0, 0.05) is 18.7 Å². The Morgan fingerprint density at radius 2 is 2.60 bits per heavy atom. The highest BCUT2D eigenvalue weighted by Gasteiger charge is 2.16. The van der Waals surface area contributed by atoms with E-state index < -0.39 is 0 Å². The van der Waals surface area contributed by atoms with Gasteiger partial charge in [0.05, 0.1) is 13.2 Å². The highest BCUT2D eigenvalue weighted by atomic mass is 16.5. The molecular formula is C7H15NO2. The average Bonchev–Trinajstić information content (AvgIpc) is 2.40. The molecule has 3 heteroatoms. The third kappa shape index (κ3) is 2.25. The summed E-state index contributed by atoms with van der Waals surface area (Å²) in [5.41, 5.74) is 0. The van der Waals surface area contributed by atoms with Crippen LogP contribution < -0.4 is 5.32 Å². The third-order valence-corrected chi connectivity index (χ3v) is 1.72. The Bertz CT molecular complexity index is 91.6. The molecule has 1 fully saturated rings. The lowest BCUT2D eigenvalue weighted by atomic mass is 10.2. The molecule has 0 aromatic rings. The van der Waals surface area contributed by atoms with E-state index in [-0.39, 0.29) is 12.6 Å². The van der Waals surface area contributed by atoms with Crippen molar-refractivity contribution in [2.75, 3.05) is 19.8 Å². The topological polar surface area (TPSA) is 41.5 Å². The number of hydrogen-bond acceptors (Lipinski definition) is 3. The minimum atomic E-state index is 0.201. The first-order valence-electron chi connectivity index (χ1n) is 3.77. The average molecular weight is 145 g/mol. The highest BCUT2D eigenvalue weighted by molar-refractivity contribution is 4.74. The van der Waals surface area contributed by atoms with E-state index in [9.17, 15) is 0 Å². The number of aliphatic hydroxyl groups is 1. The van der Waals surface area contributed by atoms with Gasteiger partial charge in [-0.25, -0.2) is 0 Å². The SMILES string of the molecule is CC(CO)NC1CCOC1. The van der Waals surface area contributed by atoms with Crippen LogP contribution in [0.1, 0.15) is 13.3 Å². The van der Waals surface area contributed by atoms with Crippen molar-refractivity contribution in [3.05, 3.63) is 0 Å². The van der Waals surface area contributed by atoms with E-state index in [1.165, 1.54) is 0 Å². The Kier molecular flexibility index (Phi) is 3.12. The van der Waals surface area contributed by atoms with Crippen molar-refractivity contribution < 1.29 is 9.84 Å². The molecule has 0 bridgehead atoms. The molecule has 0 aromatic carbocycles. The summed E-state index contributed by atoms with van der Waals surface area (Å²) in [5, 5.41) is 11.9. The molecule has 0 aromatic heterocycles. The van der Waals surface area contributed by atoms with Crippen LogP contribution in [-0.2, 0) is 4.74 Å². The summed E-state index contributed by atoms with van der Waals surface area (Å²) in [6.07, 6.45) is 1.07. The van der Waals surface area contributed by atoms with Gasteiger partial charge in [0.1, 0.15) is 0 Å². The van der Waals surface area contributed by atoms with Crippen LogP contribution in [0.15, 0.2) is 0 Å². The van der Waals surface area contributed by atoms with Crippen LogP contribution in [0.4, 0.5) is 0 Å². The number of hydrogen-bond donors (Lipinski definition) is 2. The molecule has 1 aliphatic heterocycles. The van der Waals surface area contributed by atoms with Gasteiger partial charge in [0.15, 0.2) is 0 Å². The number of nitrogens with one attached hydrogen (secondary N) is 1. The normalized spacial score (nSPS) is 28.8. The first-order chi connectivity index (χ1) is 4.83. The van der Waals surface area contributed by atoms with E-state index >= 15 is 0 Å². The minimum Gasteiger partial charge on any atom is -0.395 e. The third-order valence-electron chi connectivity index (χ3n) is 1.72. The van der Waals surface area contributed by atoms with Crippen LogP contribution in [0, 0.1) is 0 Å². The van der Waals surface area contributed by atoms with Gasteiger partial charge in [-0.05, 0) is 13.3 Å². The second kappa shape index (κ2) is 3.91. The zero-order valence-electron chi connectivity index (χ0n) is 6.34. The van der Waals surface area contributed by atoms with Crippen molar-refractivity contribution in [2.24, 2.45) is 0 Å². The van der Waals surface area contributed by atoms with Crippen LogP contribution in [0.3, 0.4) is 0 Å². The number of aliphatic hydroxyl groups excluding tert-OH is 1. The molecule has 1 heterocycles. The lowest BCUT2D eigenvalue weighted by molar-refractivity contribution is 0.182. The fourth-order valence-electron chi connectivity index (χ4n) is 1.12. The highest BCUT2D eigenvalue weighted by Crippen LogP contribution is 2.03. The van der Waals surface area contributed by atoms with Crippen LogP contribution in [0.25, 0.3) is 0 Å². The van der Waals surface area contributed by atoms with Crippen molar-refractivity contribution in [1.82, 2.24) is 5.32 Å². The lowest BCUT2D eigenvalue weighted by Gasteiger charge is -2.15. The summed E-state index contributed by atoms with van der Waals surface area (Å²) in [6, 6.07) is 0.661. The van der Waals surface area contributed by atoms with E-state index in [0.717, 1.165) is 19.6 Å². The Hall–Kier alpha value is -0.120. The van der Waals surface area contributed by atoms with Crippen molar-refractivity contribution in [3.63, 3.8) is 0 Å². The standard InChI is InChI=1S/C7H15NO2/c1-6(4-9)8-7-2-3-10-5-7/h6-9H,2-5H2,1H3. The van der Waals surface area contributed by atoms with Gasteiger partial charge >= 0.3 is 0 Å². The Morgan fingerprint density at radius 1 is 1.80 bits per heavy atom. The van der Waals surface area contributed by atoms with E-state index in [1.807, 2.05) is 6.92 Å². The zero-order chi connectivity index (χ0) is 7.40. The van der Waals surface area contributed by atoms with Crippen molar-refractivity contribution in [2.45, 2.75) is 25.4 Å². The first-order valence-corrected chi connectivity index (χ1v) is 3.77. The van der Waals surface area contributed by atoms with E-state index in [4.69, 9.17) is 9.84 Å². The van der Waals surface area contributed by atoms with E-state index in [0.29, 0.717) is 6.04 Å². The smallest absolute Gasteiger partial charge is 0.0620 e. The van der Waals surface area contributed by atoms with Crippen molar-refractivity contribution in [3.8, 4) is 0 Å². The summed E-state index contributed by atoms with van der Waals surface area (Å²) in [7, 11) is 0. The monoisotopic (exact) mass is 145 g/mol. The molecule has 0 saturated carbocycles. The molecule has 0 amide bonds. The van der Waals surface area contributed by atoms with E-state index in [1.54, 1.807) is 0 Å². The Morgan fingerprint density at radius 3 is 3.10 bits per heavy atom. The van der Waals surface area contributed by atoms with Gasteiger partial charge in [-0.1, -0.05) is 0 Å². The molecule has 2 atom stereocenters. The first kappa shape index (κ1) is 7.98. The van der Waals surface area contributed by atoms with Gasteiger partial charge in [-0.2, -0.15) is 0 Å². The molecule has 0 radical (unpaired) electrons. The zero-order valence-corrected chi connectivity index (χ0v) is 6.34. The Labute approximate surface area is 61.4 Å². The number of ether oxygens (including phenoxy) is 1. The van der Waals surface area contributed by atoms with Gasteiger partial charge in [0.2, 0.25) is 0 Å². The lowest BCUT2D eigenvalue weighted by Crippen LogP contribution is -2.38. The summed E-state index contributed by atoms with van der Waals surface area (Å²) in [6.45, 7) is 3.83. The molecule has 0 aliphatic carbocycles. The molecule has 1 saturated heterocycles. The molecule has 2 unspecified atom stereocenters. The molecule has 3 nitrogen and oxygen atoms in total. The fraction of sp³-hybridized carbons (Fsp3) is 1.00. The van der Waals surface area contributed by atoms with Crippen molar-refractivity contribution >= 4 is 0 Å². The van der Waals surface area contributed by atoms with Gasteiger partial charge in [-0.15, -0.1) is 0 Å². The van der Waals surface area contributed by atoms with Gasteiger partial charge < -0.3 is 15.2 Å². The summed E-state index contributed by atoms with van der Waals surface area (Å²) >= 11 is 0. The quantitative estimate of drug-likeness (QED) is 0.575. The largest absolute Gasteiger partial charge is 0.395 e. The maximum atomic E-state index is 8.69. The van der Waals surface area contributed by atoms with Crippen molar-refractivity contribution in [1.29, 1.82) is 0 Å². The van der Waals surface area contributed by atoms with Crippen LogP contribution >= 0.6 is 0 Å². The molecule has 2 N–H and O–H groups in total. The summed E-state index contributed by atoms with van der Waals surface area (Å²) in [4.78, 5) is 0. The predicted molar refractivity (Wildman–Crippen MR) is 38.9 cm³/mol.